The number of amides is 1. The third kappa shape index (κ3) is 5.33. The van der Waals surface area contributed by atoms with Crippen LogP contribution in [0.3, 0.4) is 0 Å². The first-order valence-electron chi connectivity index (χ1n) is 7.73. The van der Waals surface area contributed by atoms with Gasteiger partial charge in [-0.1, -0.05) is 19.9 Å². The van der Waals surface area contributed by atoms with E-state index in [0.717, 1.165) is 0 Å². The number of benzene rings is 2. The molecule has 0 heterocycles. The summed E-state index contributed by atoms with van der Waals surface area (Å²) in [4.78, 5) is 11.7. The number of sulfonamides is 1. The molecule has 0 fully saturated rings. The lowest BCUT2D eigenvalue weighted by Crippen LogP contribution is -2.14. The van der Waals surface area contributed by atoms with Crippen molar-refractivity contribution in [2.24, 2.45) is 5.92 Å². The van der Waals surface area contributed by atoms with Gasteiger partial charge in [0.2, 0.25) is 5.91 Å². The summed E-state index contributed by atoms with van der Waals surface area (Å²) in [5.74, 6) is 0.173. The number of hydrogen-bond acceptors (Lipinski definition) is 4. The Morgan fingerprint density at radius 2 is 1.76 bits per heavy atom. The predicted octanol–water partition coefficient (Wildman–Crippen LogP) is 3.34. The molecular weight excluding hydrogens is 338 g/mol. The summed E-state index contributed by atoms with van der Waals surface area (Å²) in [6, 6.07) is 14.1. The standard InChI is InChI=1S/C18H19N3O3S/c1-13(2)10-18(22)20-15-6-8-16(9-7-15)21-25(23,24)17-5-3-4-14(11-17)12-19/h3-9,11,13,21H,10H2,1-2H3,(H,20,22). The van der Waals surface area contributed by atoms with Crippen molar-refractivity contribution in [3.8, 4) is 6.07 Å². The Labute approximate surface area is 147 Å². The number of nitrogens with zero attached hydrogens (tertiary/aromatic N) is 1. The molecule has 2 aromatic rings. The van der Waals surface area contributed by atoms with Crippen LogP contribution in [0.4, 0.5) is 11.4 Å². The number of nitrogens with one attached hydrogen (secondary N) is 2. The van der Waals surface area contributed by atoms with Crippen molar-refractivity contribution in [2.75, 3.05) is 10.0 Å². The van der Waals surface area contributed by atoms with Gasteiger partial charge in [0.05, 0.1) is 16.5 Å². The minimum absolute atomic E-state index is 0.0147. The Bertz CT molecular complexity index is 898. The van der Waals surface area contributed by atoms with Gasteiger partial charge in [0, 0.05) is 17.8 Å². The van der Waals surface area contributed by atoms with E-state index in [-0.39, 0.29) is 22.3 Å². The van der Waals surface area contributed by atoms with Crippen LogP contribution in [0.25, 0.3) is 0 Å². The van der Waals surface area contributed by atoms with Gasteiger partial charge in [-0.25, -0.2) is 8.42 Å². The monoisotopic (exact) mass is 357 g/mol. The lowest BCUT2D eigenvalue weighted by molar-refractivity contribution is -0.116. The third-order valence-corrected chi connectivity index (χ3v) is 4.67. The van der Waals surface area contributed by atoms with Crippen LogP contribution in [0.2, 0.25) is 0 Å². The Morgan fingerprint density at radius 3 is 2.36 bits per heavy atom. The summed E-state index contributed by atoms with van der Waals surface area (Å²) < 4.78 is 27.2. The number of rotatable bonds is 6. The fourth-order valence-electron chi connectivity index (χ4n) is 2.15. The highest BCUT2D eigenvalue weighted by Gasteiger charge is 2.14. The van der Waals surface area contributed by atoms with Crippen molar-refractivity contribution in [1.82, 2.24) is 0 Å². The fourth-order valence-corrected chi connectivity index (χ4v) is 3.26. The van der Waals surface area contributed by atoms with Crippen LogP contribution in [0.1, 0.15) is 25.8 Å². The second kappa shape index (κ2) is 7.81. The second-order valence-electron chi connectivity index (χ2n) is 5.97. The van der Waals surface area contributed by atoms with Crippen LogP contribution >= 0.6 is 0 Å². The highest BCUT2D eigenvalue weighted by atomic mass is 32.2. The van der Waals surface area contributed by atoms with Gasteiger partial charge in [-0.2, -0.15) is 5.26 Å². The maximum Gasteiger partial charge on any atom is 0.261 e. The van der Waals surface area contributed by atoms with Crippen molar-refractivity contribution >= 4 is 27.3 Å². The van der Waals surface area contributed by atoms with E-state index in [4.69, 9.17) is 5.26 Å². The zero-order chi connectivity index (χ0) is 18.4. The average Bonchev–Trinajstić information content (AvgIpc) is 2.55. The predicted molar refractivity (Wildman–Crippen MR) is 96.5 cm³/mol. The van der Waals surface area contributed by atoms with E-state index in [0.29, 0.717) is 17.8 Å². The molecule has 0 bridgehead atoms. The van der Waals surface area contributed by atoms with Gasteiger partial charge in [0.25, 0.3) is 10.0 Å². The van der Waals surface area contributed by atoms with Crippen LogP contribution < -0.4 is 10.0 Å². The summed E-state index contributed by atoms with van der Waals surface area (Å²) in [6.07, 6.45) is 0.420. The number of carbonyl (C=O) groups is 1. The van der Waals surface area contributed by atoms with E-state index in [9.17, 15) is 13.2 Å². The molecule has 7 heteroatoms. The molecule has 1 amide bonds. The van der Waals surface area contributed by atoms with Gasteiger partial charge in [0.1, 0.15) is 0 Å². The summed E-state index contributed by atoms with van der Waals surface area (Å²) in [5.41, 5.74) is 1.23. The molecule has 0 radical (unpaired) electrons. The van der Waals surface area contributed by atoms with E-state index < -0.39 is 10.0 Å². The Hall–Kier alpha value is -2.85. The smallest absolute Gasteiger partial charge is 0.261 e. The molecule has 0 spiro atoms. The van der Waals surface area contributed by atoms with Gasteiger partial charge in [-0.05, 0) is 48.4 Å². The van der Waals surface area contributed by atoms with Crippen molar-refractivity contribution in [2.45, 2.75) is 25.2 Å². The minimum atomic E-state index is -3.79. The molecule has 130 valence electrons. The molecule has 2 aromatic carbocycles. The molecule has 0 aromatic heterocycles. The van der Waals surface area contributed by atoms with Gasteiger partial charge in [-0.3, -0.25) is 9.52 Å². The summed E-state index contributed by atoms with van der Waals surface area (Å²) in [6.45, 7) is 3.91. The van der Waals surface area contributed by atoms with Crippen molar-refractivity contribution < 1.29 is 13.2 Å². The van der Waals surface area contributed by atoms with Crippen molar-refractivity contribution in [3.63, 3.8) is 0 Å². The number of nitriles is 1. The molecule has 0 saturated heterocycles. The molecule has 0 aliphatic rings. The number of anilines is 2. The van der Waals surface area contributed by atoms with E-state index >= 15 is 0 Å². The first-order valence-corrected chi connectivity index (χ1v) is 9.21. The van der Waals surface area contributed by atoms with Crippen LogP contribution in [0.15, 0.2) is 53.4 Å². The minimum Gasteiger partial charge on any atom is -0.326 e. The molecular formula is C18H19N3O3S. The highest BCUT2D eigenvalue weighted by molar-refractivity contribution is 7.92. The summed E-state index contributed by atoms with van der Waals surface area (Å²) >= 11 is 0. The van der Waals surface area contributed by atoms with Gasteiger partial charge < -0.3 is 5.32 Å². The molecule has 0 unspecified atom stereocenters. The van der Waals surface area contributed by atoms with Crippen LogP contribution in [0.5, 0.6) is 0 Å². The summed E-state index contributed by atoms with van der Waals surface area (Å²) in [7, 11) is -3.79. The topological polar surface area (TPSA) is 99.1 Å². The van der Waals surface area contributed by atoms with E-state index in [2.05, 4.69) is 10.0 Å². The van der Waals surface area contributed by atoms with Crippen LogP contribution in [0, 0.1) is 17.2 Å². The van der Waals surface area contributed by atoms with Gasteiger partial charge in [-0.15, -0.1) is 0 Å². The molecule has 0 aliphatic heterocycles. The largest absolute Gasteiger partial charge is 0.326 e. The molecule has 2 N–H and O–H groups in total. The zero-order valence-electron chi connectivity index (χ0n) is 14.0. The van der Waals surface area contributed by atoms with E-state index in [1.165, 1.54) is 24.3 Å². The highest BCUT2D eigenvalue weighted by Crippen LogP contribution is 2.19. The maximum atomic E-state index is 12.4. The maximum absolute atomic E-state index is 12.4. The normalized spacial score (nSPS) is 11.0. The molecule has 0 atom stereocenters. The number of carbonyl (C=O) groups excluding carboxylic acids is 1. The molecule has 25 heavy (non-hydrogen) atoms. The van der Waals surface area contributed by atoms with Gasteiger partial charge >= 0.3 is 0 Å². The Balaban J connectivity index is 2.10. The molecule has 0 aliphatic carbocycles. The average molecular weight is 357 g/mol. The number of hydrogen-bond donors (Lipinski definition) is 2. The van der Waals surface area contributed by atoms with E-state index in [1.54, 1.807) is 24.3 Å². The first-order chi connectivity index (χ1) is 11.8. The van der Waals surface area contributed by atoms with Crippen LogP contribution in [-0.2, 0) is 14.8 Å². The fraction of sp³-hybridized carbons (Fsp3) is 0.222. The van der Waals surface area contributed by atoms with Gasteiger partial charge in [0.15, 0.2) is 0 Å². The quantitative estimate of drug-likeness (QED) is 0.828. The molecule has 6 nitrogen and oxygen atoms in total. The van der Waals surface area contributed by atoms with E-state index in [1.807, 2.05) is 19.9 Å². The van der Waals surface area contributed by atoms with Crippen molar-refractivity contribution in [3.05, 3.63) is 54.1 Å². The third-order valence-electron chi connectivity index (χ3n) is 3.29. The Kier molecular flexibility index (Phi) is 5.78. The SMILES string of the molecule is CC(C)CC(=O)Nc1ccc(NS(=O)(=O)c2cccc(C#N)c2)cc1. The lowest BCUT2D eigenvalue weighted by atomic mass is 10.1. The first kappa shape index (κ1) is 18.5. The second-order valence-corrected chi connectivity index (χ2v) is 7.65. The zero-order valence-corrected chi connectivity index (χ0v) is 14.8. The molecule has 2 rings (SSSR count). The van der Waals surface area contributed by atoms with Crippen molar-refractivity contribution in [1.29, 1.82) is 5.26 Å². The molecule has 0 saturated carbocycles. The lowest BCUT2D eigenvalue weighted by Gasteiger charge is -2.10. The Morgan fingerprint density at radius 1 is 1.12 bits per heavy atom. The summed E-state index contributed by atoms with van der Waals surface area (Å²) in [5, 5.41) is 11.6. The van der Waals surface area contributed by atoms with Crippen LogP contribution in [-0.4, -0.2) is 14.3 Å².